The summed E-state index contributed by atoms with van der Waals surface area (Å²) in [7, 11) is 0. The van der Waals surface area contributed by atoms with Gasteiger partial charge >= 0.3 is 0 Å². The lowest BCUT2D eigenvalue weighted by atomic mass is 9.98. The molecule has 0 saturated carbocycles. The van der Waals surface area contributed by atoms with Crippen LogP contribution < -0.4 is 4.90 Å². The summed E-state index contributed by atoms with van der Waals surface area (Å²) in [4.78, 5) is 21.1. The molecule has 7 heteroatoms. The zero-order chi connectivity index (χ0) is 31.8. The number of rotatable bonds is 11. The van der Waals surface area contributed by atoms with E-state index in [0.717, 1.165) is 34.9 Å². The van der Waals surface area contributed by atoms with Crippen LogP contribution in [0.3, 0.4) is 0 Å². The van der Waals surface area contributed by atoms with Gasteiger partial charge in [0.05, 0.1) is 22.5 Å². The second-order valence-corrected chi connectivity index (χ2v) is 10.7. The first kappa shape index (κ1) is 30.5. The van der Waals surface area contributed by atoms with Crippen molar-refractivity contribution in [3.05, 3.63) is 137 Å². The highest BCUT2D eigenvalue weighted by molar-refractivity contribution is 6.54. The maximum Gasteiger partial charge on any atom is 0.212 e. The van der Waals surface area contributed by atoms with Crippen molar-refractivity contribution in [1.82, 2.24) is 4.57 Å². The number of aryl methyl sites for hydroxylation is 2. The summed E-state index contributed by atoms with van der Waals surface area (Å²) in [6, 6.07) is 35.7. The van der Waals surface area contributed by atoms with E-state index in [2.05, 4.69) is 6.92 Å². The highest BCUT2D eigenvalue weighted by Gasteiger charge is 2.27. The van der Waals surface area contributed by atoms with E-state index < -0.39 is 0 Å². The molecule has 5 aromatic rings. The number of Topliss-reactive ketones (excluding diaryl/α,β-unsaturated/α-hetero) is 1. The number of hydrogen-bond donors (Lipinski definition) is 1. The Bertz CT molecular complexity index is 1960. The molecule has 0 unspecified atom stereocenters. The SMILES string of the molecule is CCCCn1c(O)c(C(=Nc2ccccc2N(C=C(C#N)C#N)Cc2ccccc2)C(=O)c2ccccc2)c2cc(C)ccc21. The van der Waals surface area contributed by atoms with Crippen LogP contribution in [0.25, 0.3) is 10.9 Å². The molecule has 5 rings (SSSR count). The summed E-state index contributed by atoms with van der Waals surface area (Å²) < 4.78 is 1.85. The molecule has 0 saturated heterocycles. The number of unbranched alkanes of at least 4 members (excludes halogenated alkanes) is 1. The lowest BCUT2D eigenvalue weighted by Gasteiger charge is -2.23. The molecular weight excluding hydrogens is 558 g/mol. The molecule has 0 aliphatic carbocycles. The third kappa shape index (κ3) is 6.69. The fraction of sp³-hybridized carbons (Fsp3) is 0.158. The van der Waals surface area contributed by atoms with Crippen LogP contribution in [0.15, 0.2) is 120 Å². The van der Waals surface area contributed by atoms with Gasteiger partial charge in [0.15, 0.2) is 0 Å². The molecule has 222 valence electrons. The number of para-hydroxylation sites is 2. The molecule has 1 heterocycles. The quantitative estimate of drug-likeness (QED) is 0.0943. The standard InChI is InChI=1S/C38H33N5O2/c1-3-4-21-43-33-20-19-27(2)22-31(33)35(38(43)45)36(37(44)30-15-9-6-10-16-30)41-32-17-11-12-18-34(32)42(26-29(23-39)24-40)25-28-13-7-5-8-14-28/h5-20,22,26,45H,3-4,21,25H2,1-2H3. The van der Waals surface area contributed by atoms with E-state index in [9.17, 15) is 20.4 Å². The van der Waals surface area contributed by atoms with Gasteiger partial charge in [-0.2, -0.15) is 10.5 Å². The average Bonchev–Trinajstić information content (AvgIpc) is 3.34. The smallest absolute Gasteiger partial charge is 0.212 e. The number of nitrogens with zero attached hydrogens (tertiary/aromatic N) is 5. The Labute approximate surface area is 263 Å². The number of hydrogen-bond acceptors (Lipinski definition) is 6. The number of anilines is 1. The third-order valence-electron chi connectivity index (χ3n) is 7.56. The molecule has 0 atom stereocenters. The topological polar surface area (TPSA) is 105 Å². The second-order valence-electron chi connectivity index (χ2n) is 10.7. The first-order chi connectivity index (χ1) is 21.9. The Hall–Kier alpha value is -5.92. The summed E-state index contributed by atoms with van der Waals surface area (Å²) >= 11 is 0. The van der Waals surface area contributed by atoms with Crippen molar-refractivity contribution in [2.45, 2.75) is 39.8 Å². The molecule has 1 aromatic heterocycles. The summed E-state index contributed by atoms with van der Waals surface area (Å²) in [6.45, 7) is 5.01. The predicted octanol–water partition coefficient (Wildman–Crippen LogP) is 8.40. The number of aromatic hydroxyl groups is 1. The molecule has 0 aliphatic rings. The van der Waals surface area contributed by atoms with Crippen molar-refractivity contribution in [1.29, 1.82) is 10.5 Å². The van der Waals surface area contributed by atoms with Gasteiger partial charge in [-0.05, 0) is 43.2 Å². The molecule has 0 radical (unpaired) electrons. The largest absolute Gasteiger partial charge is 0.494 e. The predicted molar refractivity (Wildman–Crippen MR) is 179 cm³/mol. The minimum absolute atomic E-state index is 0.0122. The van der Waals surface area contributed by atoms with E-state index >= 15 is 0 Å². The van der Waals surface area contributed by atoms with Gasteiger partial charge in [0.25, 0.3) is 0 Å². The molecule has 7 nitrogen and oxygen atoms in total. The minimum Gasteiger partial charge on any atom is -0.494 e. The van der Waals surface area contributed by atoms with Crippen LogP contribution in [0.2, 0.25) is 0 Å². The van der Waals surface area contributed by atoms with Crippen LogP contribution >= 0.6 is 0 Å². The summed E-state index contributed by atoms with van der Waals surface area (Å²) in [6.07, 6.45) is 3.29. The van der Waals surface area contributed by atoms with Crippen molar-refractivity contribution >= 4 is 33.8 Å². The number of carbonyl (C=O) groups excluding carboxylic acids is 1. The van der Waals surface area contributed by atoms with E-state index in [1.807, 2.05) is 96.4 Å². The molecule has 0 aliphatic heterocycles. The monoisotopic (exact) mass is 591 g/mol. The number of carbonyl (C=O) groups is 1. The number of aliphatic imine (C=N–C) groups is 1. The Balaban J connectivity index is 1.78. The van der Waals surface area contributed by atoms with Gasteiger partial charge in [0.2, 0.25) is 11.7 Å². The molecule has 0 bridgehead atoms. The fourth-order valence-corrected chi connectivity index (χ4v) is 5.32. The van der Waals surface area contributed by atoms with Crippen LogP contribution in [0.4, 0.5) is 11.4 Å². The van der Waals surface area contributed by atoms with E-state index in [-0.39, 0.29) is 22.9 Å². The maximum atomic E-state index is 14.3. The van der Waals surface area contributed by atoms with Gasteiger partial charge in [0, 0.05) is 30.2 Å². The molecule has 0 amide bonds. The average molecular weight is 592 g/mol. The lowest BCUT2D eigenvalue weighted by Crippen LogP contribution is -2.18. The maximum absolute atomic E-state index is 14.3. The van der Waals surface area contributed by atoms with Crippen molar-refractivity contribution in [3.8, 4) is 18.0 Å². The van der Waals surface area contributed by atoms with Crippen molar-refractivity contribution < 1.29 is 9.90 Å². The first-order valence-corrected chi connectivity index (χ1v) is 14.9. The highest BCUT2D eigenvalue weighted by atomic mass is 16.3. The van der Waals surface area contributed by atoms with Crippen LogP contribution in [0.1, 0.15) is 46.8 Å². The number of aromatic nitrogens is 1. The van der Waals surface area contributed by atoms with Gasteiger partial charge in [-0.3, -0.25) is 4.79 Å². The van der Waals surface area contributed by atoms with Gasteiger partial charge in [0.1, 0.15) is 23.4 Å². The first-order valence-electron chi connectivity index (χ1n) is 14.9. The van der Waals surface area contributed by atoms with Crippen LogP contribution in [0, 0.1) is 29.6 Å². The lowest BCUT2D eigenvalue weighted by molar-refractivity contribution is 0.106. The zero-order valence-corrected chi connectivity index (χ0v) is 25.3. The third-order valence-corrected chi connectivity index (χ3v) is 7.56. The van der Waals surface area contributed by atoms with Gasteiger partial charge in [-0.1, -0.05) is 97.8 Å². The molecule has 0 fully saturated rings. The molecular formula is C38H33N5O2. The van der Waals surface area contributed by atoms with Crippen LogP contribution in [-0.4, -0.2) is 21.2 Å². The molecule has 4 aromatic carbocycles. The second kappa shape index (κ2) is 14.0. The summed E-state index contributed by atoms with van der Waals surface area (Å²) in [5, 5.41) is 31.7. The fourth-order valence-electron chi connectivity index (χ4n) is 5.32. The molecule has 0 spiro atoms. The number of ketones is 1. The van der Waals surface area contributed by atoms with Crippen LogP contribution in [0.5, 0.6) is 5.88 Å². The van der Waals surface area contributed by atoms with Crippen molar-refractivity contribution in [2.75, 3.05) is 4.90 Å². The van der Waals surface area contributed by atoms with Gasteiger partial charge < -0.3 is 14.6 Å². The molecule has 1 N–H and O–H groups in total. The minimum atomic E-state index is -0.336. The summed E-state index contributed by atoms with van der Waals surface area (Å²) in [5.41, 5.74) is 4.64. The Kier molecular flexibility index (Phi) is 9.52. The number of benzene rings is 4. The Morgan fingerprint density at radius 3 is 2.29 bits per heavy atom. The van der Waals surface area contributed by atoms with Crippen molar-refractivity contribution in [3.63, 3.8) is 0 Å². The van der Waals surface area contributed by atoms with Crippen LogP contribution in [-0.2, 0) is 13.1 Å². The highest BCUT2D eigenvalue weighted by Crippen LogP contribution is 2.37. The Morgan fingerprint density at radius 2 is 1.60 bits per heavy atom. The van der Waals surface area contributed by atoms with E-state index in [1.54, 1.807) is 35.2 Å². The van der Waals surface area contributed by atoms with Crippen molar-refractivity contribution in [2.24, 2.45) is 4.99 Å². The van der Waals surface area contributed by atoms with Gasteiger partial charge in [-0.15, -0.1) is 0 Å². The zero-order valence-electron chi connectivity index (χ0n) is 25.3. The van der Waals surface area contributed by atoms with E-state index in [0.29, 0.717) is 35.6 Å². The number of allylic oxidation sites excluding steroid dienone is 1. The normalized spacial score (nSPS) is 11.1. The number of nitriles is 2. The molecule has 45 heavy (non-hydrogen) atoms. The van der Waals surface area contributed by atoms with E-state index in [1.165, 1.54) is 6.20 Å². The number of fused-ring (bicyclic) bond motifs is 1. The van der Waals surface area contributed by atoms with Gasteiger partial charge in [-0.25, -0.2) is 4.99 Å². The Morgan fingerprint density at radius 1 is 0.933 bits per heavy atom. The summed E-state index contributed by atoms with van der Waals surface area (Å²) in [5.74, 6) is -0.349. The van der Waals surface area contributed by atoms with E-state index in [4.69, 9.17) is 4.99 Å².